The standard InChI is InChI=1S/C60H34N8O12.Zn/c69-57(70)29-1-9-33(10-2-29)77-37-17-21-41-45(25-37)53-61-49(41)66-54-47-27-39(79-35-13-5-31(6-14-35)59(73)74)19-23-43(47)51(63-54)68-56-48-28-40(80-36-15-7-32(8-16-36)60(75)76)20-24-44(48)52(64-56)67-55-46-26-38(18-22-42(46)50(62-55)65-53)78-34-11-3-30(4-12-34)58(71)72;/h1-28H,(H,69,70)(H,71,72)(H,73,74)(H,75,76)(H2,61,62,63,64,65,66,67,68);/q;+2. The Balaban J connectivity index is 0.00000651. The number of fused-ring (bicyclic) bond motifs is 20. The summed E-state index contributed by atoms with van der Waals surface area (Å²) in [5.74, 6) is -0.155. The number of nitrogens with zero attached hydrogens (tertiary/aromatic N) is 6. The van der Waals surface area contributed by atoms with Gasteiger partial charge in [0.15, 0.2) is 23.3 Å². The number of carboxylic acids is 4. The first-order valence-corrected chi connectivity index (χ1v) is 24.3. The summed E-state index contributed by atoms with van der Waals surface area (Å²) >= 11 is 0. The van der Waals surface area contributed by atoms with Crippen LogP contribution in [0.15, 0.2) is 170 Å². The maximum Gasteiger partial charge on any atom is 2.00 e. The Morgan fingerprint density at radius 3 is 0.827 bits per heavy atom. The Hall–Kier alpha value is -11.2. The zero-order valence-electron chi connectivity index (χ0n) is 41.6. The van der Waals surface area contributed by atoms with Gasteiger partial charge in [0.25, 0.3) is 0 Å². The van der Waals surface area contributed by atoms with Crippen LogP contribution < -0.4 is 18.9 Å². The van der Waals surface area contributed by atoms with Crippen molar-refractivity contribution in [2.24, 2.45) is 0 Å². The van der Waals surface area contributed by atoms with E-state index in [0.29, 0.717) is 112 Å². The van der Waals surface area contributed by atoms with Crippen LogP contribution in [0.2, 0.25) is 0 Å². The van der Waals surface area contributed by atoms with E-state index in [1.165, 1.54) is 48.5 Å². The number of carboxylic acid groups (broad SMARTS) is 4. The molecule has 20 nitrogen and oxygen atoms in total. The van der Waals surface area contributed by atoms with Crippen LogP contribution in [-0.2, 0) is 19.5 Å². The van der Waals surface area contributed by atoms with Gasteiger partial charge in [0.2, 0.25) is 0 Å². The quantitative estimate of drug-likeness (QED) is 0.0620. The summed E-state index contributed by atoms with van der Waals surface area (Å²) in [5, 5.41) is 40.3. The van der Waals surface area contributed by atoms with E-state index in [2.05, 4.69) is 9.97 Å². The first-order valence-electron chi connectivity index (χ1n) is 24.3. The number of H-pyrrole nitrogens is 2. The van der Waals surface area contributed by atoms with E-state index in [4.69, 9.17) is 48.9 Å². The zero-order chi connectivity index (χ0) is 54.8. The molecule has 0 spiro atoms. The molecule has 5 heterocycles. The van der Waals surface area contributed by atoms with Crippen LogP contribution in [0, 0.1) is 0 Å². The normalized spacial score (nSPS) is 11.3. The second-order valence-corrected chi connectivity index (χ2v) is 18.2. The molecule has 11 aromatic rings. The van der Waals surface area contributed by atoms with Gasteiger partial charge in [0.1, 0.15) is 68.6 Å². The number of aromatic nitrogens is 8. The van der Waals surface area contributed by atoms with Crippen LogP contribution in [-0.4, -0.2) is 84.2 Å². The molecule has 0 fully saturated rings. The third-order valence-electron chi connectivity index (χ3n) is 13.1. The summed E-state index contributed by atoms with van der Waals surface area (Å²) in [4.78, 5) is 83.9. The topological polar surface area (TPSA) is 295 Å². The van der Waals surface area contributed by atoms with E-state index in [1.807, 2.05) is 0 Å². The third kappa shape index (κ3) is 9.83. The molecular weight excluding hydrogens is 1090 g/mol. The van der Waals surface area contributed by atoms with Crippen molar-refractivity contribution in [3.05, 3.63) is 192 Å². The first-order chi connectivity index (χ1) is 38.8. The van der Waals surface area contributed by atoms with Gasteiger partial charge in [-0.3, -0.25) is 0 Å². The monoisotopic (exact) mass is 1120 g/mol. The Labute approximate surface area is 467 Å². The maximum atomic E-state index is 11.6. The second-order valence-electron chi connectivity index (χ2n) is 18.2. The van der Waals surface area contributed by atoms with Crippen LogP contribution in [0.3, 0.4) is 0 Å². The number of benzene rings is 8. The first kappa shape index (κ1) is 50.6. The molecule has 21 heteroatoms. The van der Waals surface area contributed by atoms with Crippen molar-refractivity contribution in [1.82, 2.24) is 39.9 Å². The number of nitrogens with one attached hydrogen (secondary N) is 2. The fraction of sp³-hybridized carbons (Fsp3) is 0. The van der Waals surface area contributed by atoms with E-state index in [0.717, 1.165) is 0 Å². The molecule has 0 saturated heterocycles. The van der Waals surface area contributed by atoms with Crippen molar-refractivity contribution < 1.29 is 78.0 Å². The summed E-state index contributed by atoms with van der Waals surface area (Å²) in [7, 11) is 0. The molecule has 386 valence electrons. The van der Waals surface area contributed by atoms with Crippen molar-refractivity contribution >= 4 is 68.0 Å². The van der Waals surface area contributed by atoms with Gasteiger partial charge in [-0.2, -0.15) is 0 Å². The summed E-state index contributed by atoms with van der Waals surface area (Å²) in [6, 6.07) is 45.2. The summed E-state index contributed by atoms with van der Waals surface area (Å²) < 4.78 is 25.0. The van der Waals surface area contributed by atoms with Crippen molar-refractivity contribution in [1.29, 1.82) is 0 Å². The fourth-order valence-corrected chi connectivity index (χ4v) is 9.17. The number of hydrogen-bond donors (Lipinski definition) is 6. The van der Waals surface area contributed by atoms with Gasteiger partial charge in [-0.25, -0.2) is 49.1 Å². The fourth-order valence-electron chi connectivity index (χ4n) is 9.17. The van der Waals surface area contributed by atoms with Gasteiger partial charge in [-0.1, -0.05) is 0 Å². The number of rotatable bonds is 12. The smallest absolute Gasteiger partial charge is 0.478 e. The van der Waals surface area contributed by atoms with E-state index in [1.54, 1.807) is 121 Å². The van der Waals surface area contributed by atoms with Crippen LogP contribution in [0.5, 0.6) is 46.0 Å². The molecule has 8 bridgehead atoms. The average Bonchev–Trinajstić information content (AvgIpc) is 4.38. The SMILES string of the molecule is O=C(O)c1ccc(Oc2ccc3c(c2)-c2nc-3nc3[nH]c(nc4nc(nc5[nH]c(n2)c2ccc(Oc6ccc(C(=O)O)cc6)cc52)-c2ccc(Oc5ccc(C(=O)O)cc5)cc2-4)c2ccc(Oc4ccc(C(=O)O)cc4)cc32)cc1.[Zn+2]. The van der Waals surface area contributed by atoms with Crippen molar-refractivity contribution in [2.45, 2.75) is 0 Å². The zero-order valence-corrected chi connectivity index (χ0v) is 44.6. The molecule has 2 aliphatic rings. The molecule has 0 atom stereocenters. The molecule has 81 heavy (non-hydrogen) atoms. The van der Waals surface area contributed by atoms with Crippen LogP contribution in [0.4, 0.5) is 0 Å². The molecule has 2 aliphatic heterocycles. The van der Waals surface area contributed by atoms with Crippen molar-refractivity contribution in [3.8, 4) is 91.5 Å². The summed E-state index contributed by atoms with van der Waals surface area (Å²) in [5.41, 5.74) is 3.98. The number of aromatic carboxylic acids is 4. The maximum absolute atomic E-state index is 11.6. The Morgan fingerprint density at radius 1 is 0.284 bits per heavy atom. The van der Waals surface area contributed by atoms with Gasteiger partial charge < -0.3 is 49.3 Å². The van der Waals surface area contributed by atoms with E-state index in [-0.39, 0.29) is 65.0 Å². The predicted octanol–water partition coefficient (Wildman–Crippen LogP) is 12.8. The van der Waals surface area contributed by atoms with E-state index >= 15 is 0 Å². The minimum absolute atomic E-state index is 0. The second kappa shape index (κ2) is 20.3. The molecule has 13 rings (SSSR count). The van der Waals surface area contributed by atoms with Crippen LogP contribution >= 0.6 is 0 Å². The minimum atomic E-state index is -1.07. The molecule has 3 aromatic heterocycles. The Kier molecular flexibility index (Phi) is 12.7. The van der Waals surface area contributed by atoms with E-state index in [9.17, 15) is 39.6 Å². The van der Waals surface area contributed by atoms with Gasteiger partial charge in [-0.05, 0) is 170 Å². The average molecular weight is 1120 g/mol. The molecule has 8 aromatic carbocycles. The number of carbonyl (C=O) groups is 4. The molecule has 0 aliphatic carbocycles. The molecule has 0 amide bonds. The van der Waals surface area contributed by atoms with Crippen LogP contribution in [0.1, 0.15) is 41.4 Å². The van der Waals surface area contributed by atoms with Crippen LogP contribution in [0.25, 0.3) is 89.7 Å². The third-order valence-corrected chi connectivity index (χ3v) is 13.1. The minimum Gasteiger partial charge on any atom is -0.478 e. The predicted molar refractivity (Wildman–Crippen MR) is 290 cm³/mol. The summed E-state index contributed by atoms with van der Waals surface area (Å²) in [6.07, 6.45) is 0. The van der Waals surface area contributed by atoms with Crippen molar-refractivity contribution in [3.63, 3.8) is 0 Å². The van der Waals surface area contributed by atoms with Crippen molar-refractivity contribution in [2.75, 3.05) is 0 Å². The number of ether oxygens (including phenoxy) is 4. The van der Waals surface area contributed by atoms with Gasteiger partial charge in [0, 0.05) is 43.8 Å². The Morgan fingerprint density at radius 2 is 0.531 bits per heavy atom. The number of hydrogen-bond acceptors (Lipinski definition) is 14. The largest absolute Gasteiger partial charge is 2.00 e. The number of aromatic amines is 2. The van der Waals surface area contributed by atoms with Gasteiger partial charge in [0.05, 0.1) is 22.3 Å². The molecule has 0 unspecified atom stereocenters. The molecule has 0 radical (unpaired) electrons. The molecular formula is C60H34N8O12Zn+2. The molecule has 0 saturated carbocycles. The van der Waals surface area contributed by atoms with Gasteiger partial charge in [-0.15, -0.1) is 0 Å². The van der Waals surface area contributed by atoms with E-state index < -0.39 is 23.9 Å². The van der Waals surface area contributed by atoms with Gasteiger partial charge >= 0.3 is 43.4 Å². The Bertz CT molecular complexity index is 4320. The molecule has 6 N–H and O–H groups in total. The summed E-state index contributed by atoms with van der Waals surface area (Å²) in [6.45, 7) is 0.